The number of pyridine rings is 1. The number of halogens is 3. The zero-order chi connectivity index (χ0) is 13.9. The summed E-state index contributed by atoms with van der Waals surface area (Å²) in [6.45, 7) is 1.64. The fourth-order valence-electron chi connectivity index (χ4n) is 1.39. The van der Waals surface area contributed by atoms with Crippen LogP contribution in [0.5, 0.6) is 5.75 Å². The third-order valence-electron chi connectivity index (χ3n) is 2.20. The zero-order valence-electron chi connectivity index (χ0n) is 9.90. The van der Waals surface area contributed by atoms with Gasteiger partial charge in [-0.3, -0.25) is 9.78 Å². The van der Waals surface area contributed by atoms with Crippen molar-refractivity contribution in [2.45, 2.75) is 26.1 Å². The van der Waals surface area contributed by atoms with E-state index in [4.69, 9.17) is 5.11 Å². The van der Waals surface area contributed by atoms with Crippen LogP contribution in [0.1, 0.15) is 24.2 Å². The van der Waals surface area contributed by atoms with Crippen LogP contribution >= 0.6 is 0 Å². The van der Waals surface area contributed by atoms with Crippen LogP contribution in [0, 0.1) is 0 Å². The van der Waals surface area contributed by atoms with Gasteiger partial charge in [0.15, 0.2) is 0 Å². The molecule has 7 heteroatoms. The minimum absolute atomic E-state index is 0.0760. The summed E-state index contributed by atoms with van der Waals surface area (Å²) in [5, 5.41) is 9.16. The van der Waals surface area contributed by atoms with Crippen molar-refractivity contribution in [2.24, 2.45) is 0 Å². The molecule has 0 saturated heterocycles. The van der Waals surface area contributed by atoms with Gasteiger partial charge in [0, 0.05) is 12.2 Å². The SMILES string of the molecule is CC(C)N(CC(F)(F)F)C(=O)c1cncc(O)c1. The van der Waals surface area contributed by atoms with Crippen LogP contribution in [0.3, 0.4) is 0 Å². The van der Waals surface area contributed by atoms with Crippen LogP contribution in [-0.4, -0.2) is 39.7 Å². The first-order valence-electron chi connectivity index (χ1n) is 5.22. The molecule has 1 heterocycles. The Bertz CT molecular complexity index is 433. The van der Waals surface area contributed by atoms with Gasteiger partial charge >= 0.3 is 6.18 Å². The van der Waals surface area contributed by atoms with Gasteiger partial charge in [0.25, 0.3) is 5.91 Å². The second-order valence-electron chi connectivity index (χ2n) is 4.07. The molecule has 0 radical (unpaired) electrons. The molecular formula is C11H13F3N2O2. The first kappa shape index (κ1) is 14.3. The topological polar surface area (TPSA) is 53.4 Å². The van der Waals surface area contributed by atoms with E-state index in [2.05, 4.69) is 4.98 Å². The highest BCUT2D eigenvalue weighted by Gasteiger charge is 2.34. The van der Waals surface area contributed by atoms with Gasteiger partial charge in [0.2, 0.25) is 0 Å². The molecule has 0 unspecified atom stereocenters. The van der Waals surface area contributed by atoms with Crippen LogP contribution in [-0.2, 0) is 0 Å². The van der Waals surface area contributed by atoms with Crippen LogP contribution in [0.4, 0.5) is 13.2 Å². The van der Waals surface area contributed by atoms with E-state index in [1.165, 1.54) is 13.8 Å². The molecule has 100 valence electrons. The van der Waals surface area contributed by atoms with Crippen LogP contribution < -0.4 is 0 Å². The number of carbonyl (C=O) groups excluding carboxylic acids is 1. The van der Waals surface area contributed by atoms with Crippen molar-refractivity contribution in [3.8, 4) is 5.75 Å². The van der Waals surface area contributed by atoms with Crippen molar-refractivity contribution in [3.63, 3.8) is 0 Å². The highest BCUT2D eigenvalue weighted by atomic mass is 19.4. The lowest BCUT2D eigenvalue weighted by Crippen LogP contribution is -2.43. The lowest BCUT2D eigenvalue weighted by molar-refractivity contribution is -0.143. The van der Waals surface area contributed by atoms with Crippen molar-refractivity contribution >= 4 is 5.91 Å². The van der Waals surface area contributed by atoms with Gasteiger partial charge < -0.3 is 10.0 Å². The minimum Gasteiger partial charge on any atom is -0.506 e. The molecule has 1 aromatic heterocycles. The Morgan fingerprint density at radius 1 is 1.44 bits per heavy atom. The quantitative estimate of drug-likeness (QED) is 0.908. The van der Waals surface area contributed by atoms with Crippen molar-refractivity contribution in [1.82, 2.24) is 9.88 Å². The lowest BCUT2D eigenvalue weighted by atomic mass is 10.2. The van der Waals surface area contributed by atoms with E-state index in [-0.39, 0.29) is 11.3 Å². The van der Waals surface area contributed by atoms with Crippen molar-refractivity contribution in [2.75, 3.05) is 6.54 Å². The predicted molar refractivity (Wildman–Crippen MR) is 58.1 cm³/mol. The van der Waals surface area contributed by atoms with Gasteiger partial charge in [-0.2, -0.15) is 13.2 Å². The summed E-state index contributed by atoms with van der Waals surface area (Å²) in [6.07, 6.45) is -2.25. The summed E-state index contributed by atoms with van der Waals surface area (Å²) in [5.41, 5.74) is -0.0760. The van der Waals surface area contributed by atoms with Crippen LogP contribution in [0.15, 0.2) is 18.5 Å². The molecular weight excluding hydrogens is 249 g/mol. The smallest absolute Gasteiger partial charge is 0.406 e. The molecule has 0 aromatic carbocycles. The fourth-order valence-corrected chi connectivity index (χ4v) is 1.39. The van der Waals surface area contributed by atoms with Gasteiger partial charge in [-0.05, 0) is 19.9 Å². The van der Waals surface area contributed by atoms with Crippen LogP contribution in [0.2, 0.25) is 0 Å². The maximum absolute atomic E-state index is 12.4. The molecule has 1 aromatic rings. The van der Waals surface area contributed by atoms with Gasteiger partial charge in [0.1, 0.15) is 12.3 Å². The molecule has 18 heavy (non-hydrogen) atoms. The number of amides is 1. The third kappa shape index (κ3) is 3.90. The van der Waals surface area contributed by atoms with Crippen molar-refractivity contribution in [3.05, 3.63) is 24.0 Å². The number of rotatable bonds is 3. The van der Waals surface area contributed by atoms with E-state index in [1.54, 1.807) is 0 Å². The summed E-state index contributed by atoms with van der Waals surface area (Å²) in [4.78, 5) is 16.1. The van der Waals surface area contributed by atoms with E-state index in [1.807, 2.05) is 0 Å². The average molecular weight is 262 g/mol. The van der Waals surface area contributed by atoms with E-state index >= 15 is 0 Å². The number of nitrogens with zero attached hydrogens (tertiary/aromatic N) is 2. The summed E-state index contributed by atoms with van der Waals surface area (Å²) in [6, 6.07) is 0.475. The van der Waals surface area contributed by atoms with Gasteiger partial charge in [-0.1, -0.05) is 0 Å². The highest BCUT2D eigenvalue weighted by Crippen LogP contribution is 2.20. The molecule has 1 N–H and O–H groups in total. The van der Waals surface area contributed by atoms with Gasteiger partial charge in [0.05, 0.1) is 11.8 Å². The van der Waals surface area contributed by atoms with Crippen LogP contribution in [0.25, 0.3) is 0 Å². The van der Waals surface area contributed by atoms with Gasteiger partial charge in [-0.25, -0.2) is 0 Å². The Morgan fingerprint density at radius 2 is 2.06 bits per heavy atom. The number of hydrogen-bond acceptors (Lipinski definition) is 3. The standard InChI is InChI=1S/C11H13F3N2O2/c1-7(2)16(6-11(12,13)14)10(18)8-3-9(17)5-15-4-8/h3-5,7,17H,6H2,1-2H3. The Hall–Kier alpha value is -1.79. The zero-order valence-corrected chi connectivity index (χ0v) is 9.90. The molecule has 4 nitrogen and oxygen atoms in total. The maximum atomic E-state index is 12.4. The van der Waals surface area contributed by atoms with Crippen molar-refractivity contribution in [1.29, 1.82) is 0 Å². The molecule has 0 fully saturated rings. The molecule has 0 aliphatic carbocycles. The van der Waals surface area contributed by atoms with E-state index in [0.717, 1.165) is 18.5 Å². The normalized spacial score (nSPS) is 11.7. The third-order valence-corrected chi connectivity index (χ3v) is 2.20. The molecule has 0 saturated carbocycles. The molecule has 1 rings (SSSR count). The number of hydrogen-bond donors (Lipinski definition) is 1. The van der Waals surface area contributed by atoms with E-state index in [9.17, 15) is 18.0 Å². The number of aromatic hydroxyl groups is 1. The van der Waals surface area contributed by atoms with Gasteiger partial charge in [-0.15, -0.1) is 0 Å². The fraction of sp³-hybridized carbons (Fsp3) is 0.455. The molecule has 1 amide bonds. The summed E-state index contributed by atoms with van der Waals surface area (Å²) >= 11 is 0. The van der Waals surface area contributed by atoms with Crippen molar-refractivity contribution < 1.29 is 23.1 Å². The maximum Gasteiger partial charge on any atom is 0.406 e. The lowest BCUT2D eigenvalue weighted by Gasteiger charge is -2.27. The number of aromatic nitrogens is 1. The Balaban J connectivity index is 2.97. The second-order valence-corrected chi connectivity index (χ2v) is 4.07. The number of carbonyl (C=O) groups is 1. The summed E-state index contributed by atoms with van der Waals surface area (Å²) in [5.74, 6) is -1.08. The monoisotopic (exact) mass is 262 g/mol. The Kier molecular flexibility index (Phi) is 4.15. The molecule has 0 aliphatic heterocycles. The van der Waals surface area contributed by atoms with E-state index in [0.29, 0.717) is 4.90 Å². The average Bonchev–Trinajstić information content (AvgIpc) is 2.23. The first-order valence-corrected chi connectivity index (χ1v) is 5.22. The number of alkyl halides is 3. The molecule has 0 atom stereocenters. The highest BCUT2D eigenvalue weighted by molar-refractivity contribution is 5.94. The first-order chi connectivity index (χ1) is 8.20. The predicted octanol–water partition coefficient (Wildman–Crippen LogP) is 2.20. The Labute approximate surface area is 102 Å². The molecule has 0 bridgehead atoms. The second kappa shape index (κ2) is 5.24. The molecule has 0 aliphatic rings. The summed E-state index contributed by atoms with van der Waals surface area (Å²) in [7, 11) is 0. The Morgan fingerprint density at radius 3 is 2.50 bits per heavy atom. The summed E-state index contributed by atoms with van der Waals surface area (Å²) < 4.78 is 37.1. The largest absolute Gasteiger partial charge is 0.506 e. The van der Waals surface area contributed by atoms with E-state index < -0.39 is 24.7 Å². The minimum atomic E-state index is -4.47. The molecule has 0 spiro atoms.